The van der Waals surface area contributed by atoms with Crippen LogP contribution in [0, 0.1) is 23.7 Å². The summed E-state index contributed by atoms with van der Waals surface area (Å²) < 4.78 is 109. The van der Waals surface area contributed by atoms with Crippen LogP contribution >= 0.6 is 0 Å². The van der Waals surface area contributed by atoms with Gasteiger partial charge in [0.25, 0.3) is 0 Å². The Morgan fingerprint density at radius 1 is 0.571 bits per heavy atom. The fourth-order valence-electron chi connectivity index (χ4n) is 11.2. The zero-order valence-electron chi connectivity index (χ0n) is 40.7. The van der Waals surface area contributed by atoms with Crippen molar-refractivity contribution < 1.29 is 16.4 Å². The summed E-state index contributed by atoms with van der Waals surface area (Å²) in [7, 11) is 0. The number of fused-ring (bicyclic) bond motifs is 4. The first kappa shape index (κ1) is 19.9. The molecule has 0 N–H and O–H groups in total. The normalized spacial score (nSPS) is 31.3. The number of benzene rings is 5. The molecule has 5 aromatic carbocycles. The summed E-state index contributed by atoms with van der Waals surface area (Å²) in [5.41, 5.74) is 4.40. The molecular weight excluding hydrogens is 591 g/mol. The van der Waals surface area contributed by atoms with E-state index in [2.05, 4.69) is 50.2 Å². The average molecular weight is 652 g/mol. The molecule has 0 radical (unpaired) electrons. The van der Waals surface area contributed by atoms with Crippen molar-refractivity contribution in [3.8, 4) is 22.3 Å². The van der Waals surface area contributed by atoms with Crippen molar-refractivity contribution >= 4 is 17.1 Å². The minimum absolute atomic E-state index is 0.0329. The van der Waals surface area contributed by atoms with Crippen molar-refractivity contribution in [3.05, 3.63) is 137 Å². The molecule has 0 aromatic heterocycles. The summed E-state index contributed by atoms with van der Waals surface area (Å²) in [5, 5.41) is 0. The van der Waals surface area contributed by atoms with Crippen LogP contribution in [-0.4, -0.2) is 0 Å². The van der Waals surface area contributed by atoms with Gasteiger partial charge in [0.2, 0.25) is 0 Å². The lowest BCUT2D eigenvalue weighted by Crippen LogP contribution is -2.55. The van der Waals surface area contributed by atoms with Crippen molar-refractivity contribution in [1.29, 1.82) is 0 Å². The van der Waals surface area contributed by atoms with Gasteiger partial charge < -0.3 is 4.90 Å². The lowest BCUT2D eigenvalue weighted by Gasteiger charge is -2.61. The molecule has 4 saturated carbocycles. The van der Waals surface area contributed by atoms with E-state index < -0.39 is 76.3 Å². The molecule has 0 unspecified atom stereocenters. The Balaban J connectivity index is 1.31. The van der Waals surface area contributed by atoms with E-state index >= 15 is 0 Å². The predicted octanol–water partition coefficient (Wildman–Crippen LogP) is 12.9. The highest BCUT2D eigenvalue weighted by molar-refractivity contribution is 5.88. The van der Waals surface area contributed by atoms with Crippen LogP contribution in [-0.2, 0) is 16.2 Å². The monoisotopic (exact) mass is 651 g/mol. The molecule has 4 fully saturated rings. The summed E-state index contributed by atoms with van der Waals surface area (Å²) in [5.74, 6) is 2.25. The van der Waals surface area contributed by atoms with Crippen LogP contribution in [0.15, 0.2) is 115 Å². The molecule has 246 valence electrons. The standard InChI is InChI=1S/C48H49N/c1-46(2)23-24-47(3,4)45-42(46)15-10-16-44(45)49(37-19-17-34(18-20-37)33-11-6-5-7-12-33)38-21-22-40-39-13-8-9-14-41(39)48(43(40)30-38)35-26-31-25-32(28-35)29-36(48)27-31/h5-22,30-32,35-36H,23-29H2,1-4H3/i5D,6D,7D,10D,11D,12D,15D,16D,17D,18D,19D,20D. The molecule has 1 spiro atoms. The van der Waals surface area contributed by atoms with Crippen LogP contribution in [0.2, 0.25) is 0 Å². The molecule has 0 heterocycles. The van der Waals surface area contributed by atoms with E-state index in [1.54, 1.807) is 4.90 Å². The molecule has 0 saturated heterocycles. The van der Waals surface area contributed by atoms with Gasteiger partial charge in [-0.3, -0.25) is 0 Å². The Morgan fingerprint density at radius 2 is 1.22 bits per heavy atom. The number of nitrogens with zero attached hydrogens (tertiary/aromatic N) is 1. The molecule has 11 rings (SSSR count). The van der Waals surface area contributed by atoms with E-state index in [1.807, 2.05) is 19.9 Å². The largest absolute Gasteiger partial charge is 0.310 e. The fourth-order valence-corrected chi connectivity index (χ4v) is 11.2. The van der Waals surface area contributed by atoms with Crippen molar-refractivity contribution in [2.45, 2.75) is 88.9 Å². The Bertz CT molecular complexity index is 2680. The maximum atomic E-state index is 9.77. The van der Waals surface area contributed by atoms with Gasteiger partial charge in [-0.05, 0) is 154 Å². The number of anilines is 3. The van der Waals surface area contributed by atoms with Gasteiger partial charge in [0.15, 0.2) is 0 Å². The number of hydrogen-bond donors (Lipinski definition) is 0. The minimum atomic E-state index is -0.648. The van der Waals surface area contributed by atoms with Gasteiger partial charge in [-0.2, -0.15) is 0 Å². The molecule has 1 heteroatoms. The zero-order valence-corrected chi connectivity index (χ0v) is 28.7. The molecule has 0 atom stereocenters. The van der Waals surface area contributed by atoms with Crippen LogP contribution in [0.25, 0.3) is 22.3 Å². The molecule has 49 heavy (non-hydrogen) atoms. The van der Waals surface area contributed by atoms with Crippen LogP contribution in [0.5, 0.6) is 0 Å². The maximum absolute atomic E-state index is 9.77. The molecule has 5 aromatic rings. The first-order valence-electron chi connectivity index (χ1n) is 24.1. The molecule has 4 bridgehead atoms. The van der Waals surface area contributed by atoms with E-state index in [0.29, 0.717) is 46.9 Å². The second-order valence-corrected chi connectivity index (χ2v) is 16.7. The molecule has 6 aliphatic carbocycles. The van der Waals surface area contributed by atoms with Gasteiger partial charge in [-0.15, -0.1) is 0 Å². The van der Waals surface area contributed by atoms with Crippen molar-refractivity contribution in [1.82, 2.24) is 0 Å². The molecule has 6 aliphatic rings. The van der Waals surface area contributed by atoms with Crippen LogP contribution in [0.4, 0.5) is 17.1 Å². The van der Waals surface area contributed by atoms with Crippen molar-refractivity contribution in [2.24, 2.45) is 23.7 Å². The Labute approximate surface area is 310 Å². The zero-order chi connectivity index (χ0) is 43.6. The second-order valence-electron chi connectivity index (χ2n) is 16.7. The Kier molecular flexibility index (Phi) is 4.25. The van der Waals surface area contributed by atoms with Crippen LogP contribution in [0.3, 0.4) is 0 Å². The highest BCUT2D eigenvalue weighted by atomic mass is 15.1. The van der Waals surface area contributed by atoms with Gasteiger partial charge >= 0.3 is 0 Å². The summed E-state index contributed by atoms with van der Waals surface area (Å²) in [6, 6.07) is 8.90. The second kappa shape index (κ2) is 10.5. The first-order valence-corrected chi connectivity index (χ1v) is 18.1. The fraction of sp³-hybridized carbons (Fsp3) is 0.375. The lowest BCUT2D eigenvalue weighted by atomic mass is 9.43. The lowest BCUT2D eigenvalue weighted by molar-refractivity contribution is -0.0399. The quantitative estimate of drug-likeness (QED) is 0.187. The minimum Gasteiger partial charge on any atom is -0.310 e. The molecular formula is C48H49N. The third-order valence-electron chi connectivity index (χ3n) is 13.2. The number of rotatable bonds is 4. The van der Waals surface area contributed by atoms with E-state index in [0.717, 1.165) is 37.7 Å². The van der Waals surface area contributed by atoms with Gasteiger partial charge in [0, 0.05) is 16.8 Å². The highest BCUT2D eigenvalue weighted by Gasteiger charge is 2.61. The summed E-state index contributed by atoms with van der Waals surface area (Å²) >= 11 is 0. The highest BCUT2D eigenvalue weighted by Crippen LogP contribution is 2.69. The summed E-state index contributed by atoms with van der Waals surface area (Å²) in [6.07, 6.45) is 7.30. The van der Waals surface area contributed by atoms with Crippen LogP contribution < -0.4 is 4.90 Å². The van der Waals surface area contributed by atoms with E-state index in [9.17, 15) is 9.60 Å². The molecule has 0 amide bonds. The summed E-state index contributed by atoms with van der Waals surface area (Å²) in [4.78, 5) is 1.64. The maximum Gasteiger partial charge on any atom is 0.0645 e. The van der Waals surface area contributed by atoms with Gasteiger partial charge in [0.1, 0.15) is 0 Å². The van der Waals surface area contributed by atoms with Gasteiger partial charge in [0.05, 0.1) is 22.1 Å². The number of hydrogen-bond acceptors (Lipinski definition) is 1. The molecule has 0 aliphatic heterocycles. The Hall–Kier alpha value is -4.10. The third-order valence-corrected chi connectivity index (χ3v) is 13.2. The Morgan fingerprint density at radius 3 is 1.96 bits per heavy atom. The topological polar surface area (TPSA) is 3.24 Å². The van der Waals surface area contributed by atoms with Crippen LogP contribution in [0.1, 0.15) is 111 Å². The smallest absolute Gasteiger partial charge is 0.0645 e. The summed E-state index contributed by atoms with van der Waals surface area (Å²) in [6.45, 7) is 8.21. The van der Waals surface area contributed by atoms with E-state index in [1.165, 1.54) is 23.1 Å². The van der Waals surface area contributed by atoms with E-state index in [-0.39, 0.29) is 34.9 Å². The average Bonchev–Trinajstić information content (AvgIpc) is 3.51. The SMILES string of the molecule is [2H]c1c([2H])c([2H])c(-c2c([2H])c([2H])c(N(c3ccc4c(c3)C3(c5ccccc5-4)C4CC5CC(C4)CC3C5)c3c([2H])c([2H])c([2H])c4c3C(C)(C)CCC4(C)C)c([2H])c2[2H])c([2H])c1[2H]. The van der Waals surface area contributed by atoms with Gasteiger partial charge in [-0.1, -0.05) is 112 Å². The third kappa shape index (κ3) is 4.24. The van der Waals surface area contributed by atoms with E-state index in [4.69, 9.17) is 6.85 Å². The molecule has 1 nitrogen and oxygen atoms in total. The van der Waals surface area contributed by atoms with Gasteiger partial charge in [-0.25, -0.2) is 0 Å². The predicted molar refractivity (Wildman–Crippen MR) is 205 cm³/mol. The van der Waals surface area contributed by atoms with Crippen molar-refractivity contribution in [2.75, 3.05) is 4.90 Å². The first-order chi connectivity index (χ1) is 28.7. The van der Waals surface area contributed by atoms with Crippen molar-refractivity contribution in [3.63, 3.8) is 0 Å².